The standard InChI is InChI=1S/C23H29F3N4O4/c1-14(2)33-8-7-20-27-21(34-28-20)17-9-16(15-3-5-18(6-4-15)23(24,25)26)10-29(11-17)22(32)30-12-19(31)13-30/h3-6,14,16-17,19,31H,7-13H2,1-2H3. The second kappa shape index (κ2) is 9.91. The average Bonchev–Trinajstić information content (AvgIpc) is 3.24. The predicted molar refractivity (Wildman–Crippen MR) is 115 cm³/mol. The molecule has 11 heteroatoms. The predicted octanol–water partition coefficient (Wildman–Crippen LogP) is 3.43. The van der Waals surface area contributed by atoms with Crippen LogP contribution in [0.1, 0.15) is 54.9 Å². The monoisotopic (exact) mass is 482 g/mol. The maximum Gasteiger partial charge on any atom is 0.416 e. The van der Waals surface area contributed by atoms with E-state index in [2.05, 4.69) is 10.1 Å². The molecule has 0 radical (unpaired) electrons. The van der Waals surface area contributed by atoms with Gasteiger partial charge in [-0.05, 0) is 38.0 Å². The van der Waals surface area contributed by atoms with Crippen LogP contribution in [0.2, 0.25) is 0 Å². The van der Waals surface area contributed by atoms with Gasteiger partial charge in [-0.25, -0.2) is 4.79 Å². The van der Waals surface area contributed by atoms with Crippen molar-refractivity contribution in [1.82, 2.24) is 19.9 Å². The summed E-state index contributed by atoms with van der Waals surface area (Å²) < 4.78 is 50.0. The number of aliphatic hydroxyl groups excluding tert-OH is 1. The number of carbonyl (C=O) groups excluding carboxylic acids is 1. The number of β-amino-alcohol motifs (C(OH)–C–C–N with tert-alkyl or cyclic N) is 1. The van der Waals surface area contributed by atoms with E-state index >= 15 is 0 Å². The van der Waals surface area contributed by atoms with Crippen molar-refractivity contribution in [3.63, 3.8) is 0 Å². The molecule has 1 aromatic carbocycles. The molecular formula is C23H29F3N4O4. The van der Waals surface area contributed by atoms with E-state index in [0.29, 0.717) is 49.8 Å². The van der Waals surface area contributed by atoms with E-state index < -0.39 is 17.8 Å². The van der Waals surface area contributed by atoms with Crippen molar-refractivity contribution >= 4 is 6.03 Å². The first kappa shape index (κ1) is 24.5. The number of alkyl halides is 3. The molecule has 2 fully saturated rings. The van der Waals surface area contributed by atoms with Gasteiger partial charge in [-0.3, -0.25) is 0 Å². The van der Waals surface area contributed by atoms with E-state index in [9.17, 15) is 23.1 Å². The number of halogens is 3. The molecule has 2 aliphatic heterocycles. The highest BCUT2D eigenvalue weighted by atomic mass is 19.4. The van der Waals surface area contributed by atoms with Crippen molar-refractivity contribution in [2.75, 3.05) is 32.8 Å². The Hall–Kier alpha value is -2.66. The van der Waals surface area contributed by atoms with Crippen LogP contribution in [0.3, 0.4) is 0 Å². The summed E-state index contributed by atoms with van der Waals surface area (Å²) >= 11 is 0. The molecule has 0 saturated carbocycles. The number of ether oxygens (including phenoxy) is 1. The minimum absolute atomic E-state index is 0.0915. The van der Waals surface area contributed by atoms with Crippen LogP contribution in [0, 0.1) is 0 Å². The molecule has 2 unspecified atom stereocenters. The Bertz CT molecular complexity index is 973. The molecule has 8 nitrogen and oxygen atoms in total. The van der Waals surface area contributed by atoms with Crippen LogP contribution in [-0.4, -0.2) is 76.1 Å². The topological polar surface area (TPSA) is 91.9 Å². The number of hydrogen-bond acceptors (Lipinski definition) is 6. The molecular weight excluding hydrogens is 453 g/mol. The van der Waals surface area contributed by atoms with E-state index in [0.717, 1.165) is 12.1 Å². The van der Waals surface area contributed by atoms with Gasteiger partial charge in [0.15, 0.2) is 5.82 Å². The number of carbonyl (C=O) groups is 1. The van der Waals surface area contributed by atoms with E-state index in [1.807, 2.05) is 13.8 Å². The number of hydrogen-bond donors (Lipinski definition) is 1. The van der Waals surface area contributed by atoms with Crippen molar-refractivity contribution in [3.05, 3.63) is 47.1 Å². The van der Waals surface area contributed by atoms with Crippen molar-refractivity contribution in [1.29, 1.82) is 0 Å². The first-order chi connectivity index (χ1) is 16.1. The number of piperidine rings is 1. The summed E-state index contributed by atoms with van der Waals surface area (Å²) in [5.41, 5.74) is 0.000449. The van der Waals surface area contributed by atoms with Crippen molar-refractivity contribution in [3.8, 4) is 0 Å². The molecule has 0 bridgehead atoms. The lowest BCUT2D eigenvalue weighted by molar-refractivity contribution is -0.137. The third-order valence-corrected chi connectivity index (χ3v) is 6.17. The van der Waals surface area contributed by atoms with Crippen LogP contribution in [0.25, 0.3) is 0 Å². The maximum atomic E-state index is 13.0. The summed E-state index contributed by atoms with van der Waals surface area (Å²) in [5, 5.41) is 13.6. The van der Waals surface area contributed by atoms with Gasteiger partial charge in [-0.1, -0.05) is 17.3 Å². The van der Waals surface area contributed by atoms with E-state index in [1.54, 1.807) is 9.80 Å². The Balaban J connectivity index is 1.52. The lowest BCUT2D eigenvalue weighted by Gasteiger charge is -2.43. The minimum atomic E-state index is -4.41. The highest BCUT2D eigenvalue weighted by Crippen LogP contribution is 2.37. The summed E-state index contributed by atoms with van der Waals surface area (Å²) in [6.07, 6.45) is -3.80. The summed E-state index contributed by atoms with van der Waals surface area (Å²) in [6, 6.07) is 4.85. The number of benzene rings is 1. The summed E-state index contributed by atoms with van der Waals surface area (Å²) in [4.78, 5) is 20.7. The molecule has 2 aliphatic rings. The molecule has 2 amide bonds. The van der Waals surface area contributed by atoms with Crippen LogP contribution < -0.4 is 0 Å². The zero-order valence-corrected chi connectivity index (χ0v) is 19.2. The van der Waals surface area contributed by atoms with Crippen LogP contribution >= 0.6 is 0 Å². The van der Waals surface area contributed by atoms with Gasteiger partial charge >= 0.3 is 12.2 Å². The lowest BCUT2D eigenvalue weighted by atomic mass is 9.84. The van der Waals surface area contributed by atoms with Gasteiger partial charge in [0.25, 0.3) is 0 Å². The fourth-order valence-corrected chi connectivity index (χ4v) is 4.35. The average molecular weight is 483 g/mol. The van der Waals surface area contributed by atoms with Crippen molar-refractivity contribution in [2.45, 2.75) is 56.9 Å². The first-order valence-corrected chi connectivity index (χ1v) is 11.4. The molecule has 0 spiro atoms. The van der Waals surface area contributed by atoms with Crippen LogP contribution in [0.15, 0.2) is 28.8 Å². The largest absolute Gasteiger partial charge is 0.416 e. The van der Waals surface area contributed by atoms with Crippen molar-refractivity contribution < 1.29 is 32.3 Å². The molecule has 3 heterocycles. The fourth-order valence-electron chi connectivity index (χ4n) is 4.35. The molecule has 1 N–H and O–H groups in total. The smallest absolute Gasteiger partial charge is 0.389 e. The van der Waals surface area contributed by atoms with Gasteiger partial charge in [0, 0.05) is 25.4 Å². The number of urea groups is 1. The van der Waals surface area contributed by atoms with E-state index in [-0.39, 0.29) is 37.1 Å². The zero-order valence-electron chi connectivity index (χ0n) is 19.2. The van der Waals surface area contributed by atoms with Gasteiger partial charge in [-0.2, -0.15) is 18.2 Å². The zero-order chi connectivity index (χ0) is 24.5. The lowest BCUT2D eigenvalue weighted by Crippen LogP contribution is -2.59. The third kappa shape index (κ3) is 5.69. The van der Waals surface area contributed by atoms with E-state index in [4.69, 9.17) is 9.26 Å². The molecule has 34 heavy (non-hydrogen) atoms. The molecule has 2 saturated heterocycles. The van der Waals surface area contributed by atoms with Crippen LogP contribution in [0.5, 0.6) is 0 Å². The molecule has 1 aromatic heterocycles. The number of nitrogens with zero attached hydrogens (tertiary/aromatic N) is 4. The SMILES string of the molecule is CC(C)OCCc1noc(C2CC(c3ccc(C(F)(F)F)cc3)CN(C(=O)N3CC(O)C3)C2)n1. The summed E-state index contributed by atoms with van der Waals surface area (Å²) in [5.74, 6) is 0.452. The van der Waals surface area contributed by atoms with Gasteiger partial charge < -0.3 is 24.2 Å². The number of aliphatic hydroxyl groups is 1. The van der Waals surface area contributed by atoms with Crippen LogP contribution in [0.4, 0.5) is 18.0 Å². The molecule has 4 rings (SSSR count). The van der Waals surface area contributed by atoms with Gasteiger partial charge in [-0.15, -0.1) is 0 Å². The fraction of sp³-hybridized carbons (Fsp3) is 0.609. The summed E-state index contributed by atoms with van der Waals surface area (Å²) in [7, 11) is 0. The Labute approximate surface area is 195 Å². The first-order valence-electron chi connectivity index (χ1n) is 11.4. The number of aromatic nitrogens is 2. The van der Waals surface area contributed by atoms with Crippen molar-refractivity contribution in [2.24, 2.45) is 0 Å². The second-order valence-corrected chi connectivity index (χ2v) is 9.21. The second-order valence-electron chi connectivity index (χ2n) is 9.21. The van der Waals surface area contributed by atoms with Gasteiger partial charge in [0.05, 0.1) is 43.4 Å². The Morgan fingerprint density at radius 1 is 1.15 bits per heavy atom. The Morgan fingerprint density at radius 2 is 1.79 bits per heavy atom. The molecule has 186 valence electrons. The Morgan fingerprint density at radius 3 is 2.41 bits per heavy atom. The van der Waals surface area contributed by atoms with Gasteiger partial charge in [0.1, 0.15) is 0 Å². The number of likely N-dealkylation sites (tertiary alicyclic amines) is 2. The van der Waals surface area contributed by atoms with Gasteiger partial charge in [0.2, 0.25) is 5.89 Å². The summed E-state index contributed by atoms with van der Waals surface area (Å²) in [6.45, 7) is 5.58. The minimum Gasteiger partial charge on any atom is -0.389 e. The highest BCUT2D eigenvalue weighted by Gasteiger charge is 2.39. The molecule has 0 aliphatic carbocycles. The third-order valence-electron chi connectivity index (χ3n) is 6.17. The molecule has 2 aromatic rings. The quantitative estimate of drug-likeness (QED) is 0.679. The Kier molecular flexibility index (Phi) is 7.13. The van der Waals surface area contributed by atoms with E-state index in [1.165, 1.54) is 12.1 Å². The number of amides is 2. The number of rotatable bonds is 6. The maximum absolute atomic E-state index is 13.0. The van der Waals surface area contributed by atoms with Crippen LogP contribution in [-0.2, 0) is 17.3 Å². The molecule has 2 atom stereocenters. The highest BCUT2D eigenvalue weighted by molar-refractivity contribution is 5.75. The normalized spacial score (nSPS) is 21.7.